The Morgan fingerprint density at radius 1 is 0.969 bits per heavy atom. The molecule has 8 heteroatoms. The van der Waals surface area contributed by atoms with Crippen LogP contribution in [0.15, 0.2) is 82.4 Å². The van der Waals surface area contributed by atoms with E-state index >= 15 is 0 Å². The molecule has 0 saturated carbocycles. The highest BCUT2D eigenvalue weighted by atomic mass is 79.9. The lowest BCUT2D eigenvalue weighted by Gasteiger charge is -2.09. The average molecular weight is 496 g/mol. The number of carbonyl (C=O) groups is 2. The Hall–Kier alpha value is -3.65. The van der Waals surface area contributed by atoms with Crippen molar-refractivity contribution in [3.05, 3.63) is 88.4 Å². The van der Waals surface area contributed by atoms with E-state index in [-0.39, 0.29) is 6.42 Å². The number of nitrogens with zero attached hydrogens (tertiary/aromatic N) is 1. The number of carbonyl (C=O) groups excluding carboxylic acids is 2. The van der Waals surface area contributed by atoms with Gasteiger partial charge in [-0.1, -0.05) is 42.5 Å². The minimum atomic E-state index is -0.532. The number of benzene rings is 3. The van der Waals surface area contributed by atoms with Gasteiger partial charge >= 0.3 is 0 Å². The van der Waals surface area contributed by atoms with Crippen LogP contribution in [0.4, 0.5) is 5.69 Å². The Bertz CT molecular complexity index is 1100. The third-order valence-corrected chi connectivity index (χ3v) is 4.92. The number of methoxy groups -OCH3 is 1. The highest BCUT2D eigenvalue weighted by Crippen LogP contribution is 2.26. The first-order chi connectivity index (χ1) is 15.5. The molecule has 0 spiro atoms. The minimum Gasteiger partial charge on any atom is -0.495 e. The Kier molecular flexibility index (Phi) is 8.39. The van der Waals surface area contributed by atoms with Crippen LogP contribution < -0.4 is 20.2 Å². The second-order valence-electron chi connectivity index (χ2n) is 6.68. The maximum Gasteiger partial charge on any atom is 0.249 e. The standard InChI is InChI=1S/C24H22BrN3O4/c1-31-22-10-6-5-9-20(22)27-23(29)14-24(30)28-26-15-18-11-12-21(19(25)13-18)32-16-17-7-3-2-4-8-17/h2-13,15H,14,16H2,1H3,(H,27,29)(H,28,30). The molecular formula is C24H22BrN3O4. The van der Waals surface area contributed by atoms with E-state index in [0.29, 0.717) is 23.8 Å². The highest BCUT2D eigenvalue weighted by molar-refractivity contribution is 9.10. The van der Waals surface area contributed by atoms with Crippen molar-refractivity contribution in [1.82, 2.24) is 5.43 Å². The maximum atomic E-state index is 12.1. The fraction of sp³-hybridized carbons (Fsp3) is 0.125. The van der Waals surface area contributed by atoms with E-state index < -0.39 is 11.8 Å². The van der Waals surface area contributed by atoms with Crippen LogP contribution in [0.25, 0.3) is 0 Å². The van der Waals surface area contributed by atoms with Gasteiger partial charge in [0.1, 0.15) is 24.5 Å². The summed E-state index contributed by atoms with van der Waals surface area (Å²) in [7, 11) is 1.51. The van der Waals surface area contributed by atoms with Crippen molar-refractivity contribution in [2.75, 3.05) is 12.4 Å². The zero-order valence-corrected chi connectivity index (χ0v) is 19.0. The molecule has 2 amide bonds. The van der Waals surface area contributed by atoms with E-state index in [1.54, 1.807) is 24.3 Å². The molecule has 0 bridgehead atoms. The van der Waals surface area contributed by atoms with Crippen LogP contribution in [0, 0.1) is 0 Å². The number of nitrogens with one attached hydrogen (secondary N) is 2. The van der Waals surface area contributed by atoms with Gasteiger partial charge in [-0.3, -0.25) is 9.59 Å². The third-order valence-electron chi connectivity index (χ3n) is 4.30. The average Bonchev–Trinajstić information content (AvgIpc) is 2.79. The Morgan fingerprint density at radius 3 is 2.47 bits per heavy atom. The van der Waals surface area contributed by atoms with Crippen molar-refractivity contribution >= 4 is 39.6 Å². The van der Waals surface area contributed by atoms with Gasteiger partial charge in [-0.25, -0.2) is 5.43 Å². The summed E-state index contributed by atoms with van der Waals surface area (Å²) in [6.45, 7) is 0.458. The lowest BCUT2D eigenvalue weighted by atomic mass is 10.2. The number of anilines is 1. The number of halogens is 1. The Balaban J connectivity index is 1.48. The summed E-state index contributed by atoms with van der Waals surface area (Å²) in [6, 6.07) is 22.3. The number of rotatable bonds is 9. The smallest absolute Gasteiger partial charge is 0.249 e. The van der Waals surface area contributed by atoms with E-state index in [1.165, 1.54) is 13.3 Å². The van der Waals surface area contributed by atoms with Gasteiger partial charge in [0.25, 0.3) is 0 Å². The summed E-state index contributed by atoms with van der Waals surface area (Å²) in [4.78, 5) is 24.1. The van der Waals surface area contributed by atoms with Gasteiger partial charge in [0.05, 0.1) is 23.5 Å². The molecule has 0 unspecified atom stereocenters. The van der Waals surface area contributed by atoms with Crippen LogP contribution >= 0.6 is 15.9 Å². The molecule has 0 aliphatic rings. The predicted molar refractivity (Wildman–Crippen MR) is 127 cm³/mol. The number of para-hydroxylation sites is 2. The Labute approximate surface area is 194 Å². The van der Waals surface area contributed by atoms with Crippen molar-refractivity contribution in [2.24, 2.45) is 5.10 Å². The molecule has 7 nitrogen and oxygen atoms in total. The summed E-state index contributed by atoms with van der Waals surface area (Å²) >= 11 is 3.48. The normalized spacial score (nSPS) is 10.6. The highest BCUT2D eigenvalue weighted by Gasteiger charge is 2.11. The fourth-order valence-electron chi connectivity index (χ4n) is 2.76. The van der Waals surface area contributed by atoms with E-state index in [0.717, 1.165) is 15.6 Å². The molecule has 0 heterocycles. The second-order valence-corrected chi connectivity index (χ2v) is 7.54. The lowest BCUT2D eigenvalue weighted by molar-refractivity contribution is -0.126. The molecule has 2 N–H and O–H groups in total. The first-order valence-electron chi connectivity index (χ1n) is 9.76. The van der Waals surface area contributed by atoms with Crippen LogP contribution in [0.1, 0.15) is 17.5 Å². The summed E-state index contributed by atoms with van der Waals surface area (Å²) in [6.07, 6.45) is 1.12. The molecule has 3 aromatic carbocycles. The first kappa shape index (κ1) is 23.0. The second kappa shape index (κ2) is 11.7. The van der Waals surface area contributed by atoms with E-state index in [2.05, 4.69) is 31.8 Å². The van der Waals surface area contributed by atoms with Gasteiger partial charge in [-0.15, -0.1) is 0 Å². The van der Waals surface area contributed by atoms with Crippen LogP contribution in [-0.4, -0.2) is 25.1 Å². The van der Waals surface area contributed by atoms with Crippen molar-refractivity contribution < 1.29 is 19.1 Å². The SMILES string of the molecule is COc1ccccc1NC(=O)CC(=O)NN=Cc1ccc(OCc2ccccc2)c(Br)c1. The Morgan fingerprint density at radius 2 is 1.72 bits per heavy atom. The van der Waals surface area contributed by atoms with Crippen molar-refractivity contribution in [1.29, 1.82) is 0 Å². The monoisotopic (exact) mass is 495 g/mol. The molecule has 3 aromatic rings. The number of hydrazone groups is 1. The number of hydrogen-bond donors (Lipinski definition) is 2. The lowest BCUT2D eigenvalue weighted by Crippen LogP contribution is -2.24. The third kappa shape index (κ3) is 6.95. The van der Waals surface area contributed by atoms with Crippen molar-refractivity contribution in [3.8, 4) is 11.5 Å². The topological polar surface area (TPSA) is 89.0 Å². The summed E-state index contributed by atoms with van der Waals surface area (Å²) in [5.41, 5.74) is 4.67. The van der Waals surface area contributed by atoms with Crippen molar-refractivity contribution in [3.63, 3.8) is 0 Å². The molecular weight excluding hydrogens is 474 g/mol. The fourth-order valence-corrected chi connectivity index (χ4v) is 3.27. The summed E-state index contributed by atoms with van der Waals surface area (Å²) < 4.78 is 11.7. The molecule has 0 aliphatic heterocycles. The zero-order chi connectivity index (χ0) is 22.8. The minimum absolute atomic E-state index is 0.370. The van der Waals surface area contributed by atoms with E-state index in [1.807, 2.05) is 48.5 Å². The molecule has 0 radical (unpaired) electrons. The molecule has 0 atom stereocenters. The molecule has 0 fully saturated rings. The molecule has 0 saturated heterocycles. The van der Waals surface area contributed by atoms with Gasteiger partial charge in [-0.05, 0) is 57.4 Å². The molecule has 0 aromatic heterocycles. The van der Waals surface area contributed by atoms with Gasteiger partial charge < -0.3 is 14.8 Å². The quantitative estimate of drug-likeness (QED) is 0.259. The maximum absolute atomic E-state index is 12.1. The van der Waals surface area contributed by atoms with Crippen LogP contribution in [0.3, 0.4) is 0 Å². The number of hydrogen-bond acceptors (Lipinski definition) is 5. The molecule has 32 heavy (non-hydrogen) atoms. The van der Waals surface area contributed by atoms with E-state index in [9.17, 15) is 9.59 Å². The van der Waals surface area contributed by atoms with E-state index in [4.69, 9.17) is 9.47 Å². The van der Waals surface area contributed by atoms with Crippen molar-refractivity contribution in [2.45, 2.75) is 13.0 Å². The largest absolute Gasteiger partial charge is 0.495 e. The number of ether oxygens (including phenoxy) is 2. The molecule has 3 rings (SSSR count). The van der Waals surface area contributed by atoms with Gasteiger partial charge in [0.15, 0.2) is 0 Å². The van der Waals surface area contributed by atoms with Gasteiger partial charge in [-0.2, -0.15) is 5.10 Å². The number of amides is 2. The molecule has 0 aliphatic carbocycles. The summed E-state index contributed by atoms with van der Waals surface area (Å²) in [5, 5.41) is 6.55. The first-order valence-corrected chi connectivity index (χ1v) is 10.6. The predicted octanol–water partition coefficient (Wildman–Crippen LogP) is 4.52. The van der Waals surface area contributed by atoms with Gasteiger partial charge in [0.2, 0.25) is 11.8 Å². The van der Waals surface area contributed by atoms with Crippen LogP contribution in [0.5, 0.6) is 11.5 Å². The molecule has 164 valence electrons. The summed E-state index contributed by atoms with van der Waals surface area (Å²) in [5.74, 6) is 0.212. The van der Waals surface area contributed by atoms with Crippen LogP contribution in [-0.2, 0) is 16.2 Å². The zero-order valence-electron chi connectivity index (χ0n) is 17.4. The van der Waals surface area contributed by atoms with Crippen LogP contribution in [0.2, 0.25) is 0 Å². The van der Waals surface area contributed by atoms with Gasteiger partial charge in [0, 0.05) is 0 Å².